The lowest BCUT2D eigenvalue weighted by Gasteiger charge is -2.49. The smallest absolute Gasteiger partial charge is 0.328 e. The Morgan fingerprint density at radius 3 is 2.09 bits per heavy atom. The second-order valence-electron chi connectivity index (χ2n) is 11.1. The van der Waals surface area contributed by atoms with Crippen LogP contribution < -0.4 is 20.7 Å². The van der Waals surface area contributed by atoms with E-state index in [-0.39, 0.29) is 6.61 Å². The molecule has 1 aromatic heterocycles. The zero-order chi connectivity index (χ0) is 30.8. The van der Waals surface area contributed by atoms with Gasteiger partial charge in [-0.25, -0.2) is 4.79 Å². The Balaban J connectivity index is 1.38. The van der Waals surface area contributed by atoms with Gasteiger partial charge < -0.3 is 28.8 Å². The molecule has 6 rings (SSSR count). The molecule has 4 aromatic rings. The number of benzene rings is 3. The standard InChI is InChI=1S/C34H36N2O8/c1-21-19-36(33(39)35-32(21)38)29-27-17-18-42-31(29)30(37)28(44-27)20-43-34(22-7-5-4-6-8-22,23-9-13-25(40-2)14-10-23)24-11-15-26(41-3)16-12-24/h4-16,19,27-31,37H,17-18,20H2,1-3H3,(H,35,38,39)/t27?,28-,29-,30+,31?/m1/s1. The highest BCUT2D eigenvalue weighted by Gasteiger charge is 2.50. The number of aryl methyl sites for hydroxylation is 1. The monoisotopic (exact) mass is 600 g/mol. The number of rotatable bonds is 9. The second-order valence-corrected chi connectivity index (χ2v) is 11.1. The van der Waals surface area contributed by atoms with Crippen molar-refractivity contribution in [3.63, 3.8) is 0 Å². The second kappa shape index (κ2) is 12.4. The van der Waals surface area contributed by atoms with Crippen LogP contribution in [0.3, 0.4) is 0 Å². The molecule has 0 radical (unpaired) electrons. The summed E-state index contributed by atoms with van der Waals surface area (Å²) in [5, 5.41) is 11.6. The first kappa shape index (κ1) is 29.8. The highest BCUT2D eigenvalue weighted by Crippen LogP contribution is 2.43. The summed E-state index contributed by atoms with van der Waals surface area (Å²) in [5.41, 5.74) is 0.852. The van der Waals surface area contributed by atoms with Crippen molar-refractivity contribution in [1.82, 2.24) is 9.55 Å². The lowest BCUT2D eigenvalue weighted by atomic mass is 9.79. The third-order valence-electron chi connectivity index (χ3n) is 8.60. The number of ether oxygens (including phenoxy) is 5. The summed E-state index contributed by atoms with van der Waals surface area (Å²) in [7, 11) is 3.24. The molecule has 2 bridgehead atoms. The van der Waals surface area contributed by atoms with Crippen LogP contribution in [-0.4, -0.2) is 66.5 Å². The Labute approximate surface area is 254 Å². The van der Waals surface area contributed by atoms with Gasteiger partial charge in [-0.3, -0.25) is 14.3 Å². The summed E-state index contributed by atoms with van der Waals surface area (Å²) in [6, 6.07) is 24.7. The van der Waals surface area contributed by atoms with Crippen LogP contribution in [0.4, 0.5) is 0 Å². The summed E-state index contributed by atoms with van der Waals surface area (Å²) in [4.78, 5) is 27.2. The largest absolute Gasteiger partial charge is 0.497 e. The molecular weight excluding hydrogens is 564 g/mol. The number of nitrogens with zero attached hydrogens (tertiary/aromatic N) is 1. The van der Waals surface area contributed by atoms with Crippen LogP contribution in [0.25, 0.3) is 0 Å². The van der Waals surface area contributed by atoms with Gasteiger partial charge in [0, 0.05) is 18.4 Å². The van der Waals surface area contributed by atoms with E-state index in [1.165, 1.54) is 10.8 Å². The Morgan fingerprint density at radius 2 is 1.50 bits per heavy atom. The van der Waals surface area contributed by atoms with Gasteiger partial charge >= 0.3 is 5.69 Å². The van der Waals surface area contributed by atoms with Gasteiger partial charge in [0.05, 0.1) is 33.0 Å². The van der Waals surface area contributed by atoms with Crippen molar-refractivity contribution in [1.29, 1.82) is 0 Å². The van der Waals surface area contributed by atoms with Gasteiger partial charge in [0.15, 0.2) is 0 Å². The minimum atomic E-state index is -1.11. The number of H-pyrrole nitrogens is 1. The van der Waals surface area contributed by atoms with E-state index in [0.29, 0.717) is 30.1 Å². The lowest BCUT2D eigenvalue weighted by Crippen LogP contribution is -2.61. The minimum absolute atomic E-state index is 0.0107. The Bertz CT molecular complexity index is 1640. The first-order chi connectivity index (χ1) is 21.3. The van der Waals surface area contributed by atoms with Gasteiger partial charge in [-0.1, -0.05) is 54.6 Å². The van der Waals surface area contributed by atoms with Gasteiger partial charge in [-0.05, 0) is 54.3 Å². The lowest BCUT2D eigenvalue weighted by molar-refractivity contribution is -0.253. The number of aliphatic hydroxyl groups is 1. The number of methoxy groups -OCH3 is 2. The average Bonchev–Trinajstić information content (AvgIpc) is 3.06. The van der Waals surface area contributed by atoms with Gasteiger partial charge in [0.2, 0.25) is 0 Å². The van der Waals surface area contributed by atoms with Crippen LogP contribution in [0.2, 0.25) is 0 Å². The fraction of sp³-hybridized carbons (Fsp3) is 0.353. The molecule has 3 aromatic carbocycles. The molecule has 2 unspecified atom stereocenters. The Morgan fingerprint density at radius 1 is 0.909 bits per heavy atom. The molecule has 2 fully saturated rings. The normalized spacial score (nSPS) is 23.2. The zero-order valence-corrected chi connectivity index (χ0v) is 24.8. The first-order valence-corrected chi connectivity index (χ1v) is 14.6. The van der Waals surface area contributed by atoms with Crippen molar-refractivity contribution in [3.8, 4) is 11.5 Å². The quantitative estimate of drug-likeness (QED) is 0.281. The van der Waals surface area contributed by atoms with Crippen molar-refractivity contribution in [2.45, 2.75) is 49.4 Å². The van der Waals surface area contributed by atoms with E-state index < -0.39 is 47.3 Å². The van der Waals surface area contributed by atoms with E-state index in [1.54, 1.807) is 21.1 Å². The maximum Gasteiger partial charge on any atom is 0.328 e. The Kier molecular flexibility index (Phi) is 8.42. The van der Waals surface area contributed by atoms with Gasteiger partial charge in [0.1, 0.15) is 35.4 Å². The van der Waals surface area contributed by atoms with E-state index >= 15 is 0 Å². The molecule has 10 heteroatoms. The number of aromatic amines is 1. The van der Waals surface area contributed by atoms with Crippen LogP contribution >= 0.6 is 0 Å². The van der Waals surface area contributed by atoms with Crippen LogP contribution in [-0.2, 0) is 19.8 Å². The SMILES string of the molecule is COc1ccc(C(OC[C@H]2OC3CCOC([C@@H]3n3cc(C)c(=O)[nH]c3=O)[C@H]2O)(c2ccccc2)c2ccc(OC)cc2)cc1. The summed E-state index contributed by atoms with van der Waals surface area (Å²) >= 11 is 0. The van der Waals surface area contributed by atoms with Gasteiger partial charge in [-0.2, -0.15) is 0 Å². The highest BCUT2D eigenvalue weighted by atomic mass is 16.6. The highest BCUT2D eigenvalue weighted by molar-refractivity contribution is 5.49. The number of nitrogens with one attached hydrogen (secondary N) is 1. The van der Waals surface area contributed by atoms with Crippen LogP contribution in [0.1, 0.15) is 34.7 Å². The molecule has 2 aliphatic rings. The third-order valence-corrected chi connectivity index (χ3v) is 8.60. The molecule has 44 heavy (non-hydrogen) atoms. The van der Waals surface area contributed by atoms with Crippen molar-refractivity contribution in [2.75, 3.05) is 27.4 Å². The van der Waals surface area contributed by atoms with Crippen molar-refractivity contribution in [2.24, 2.45) is 0 Å². The molecule has 0 aliphatic carbocycles. The first-order valence-electron chi connectivity index (χ1n) is 14.6. The molecule has 0 saturated carbocycles. The average molecular weight is 601 g/mol. The summed E-state index contributed by atoms with van der Waals surface area (Å²) in [6.45, 7) is 2.01. The van der Waals surface area contributed by atoms with Crippen LogP contribution in [0, 0.1) is 6.92 Å². The fourth-order valence-electron chi connectivity index (χ4n) is 6.33. The van der Waals surface area contributed by atoms with E-state index in [2.05, 4.69) is 4.98 Å². The summed E-state index contributed by atoms with van der Waals surface area (Å²) in [5.74, 6) is 1.42. The predicted molar refractivity (Wildman–Crippen MR) is 162 cm³/mol. The molecule has 0 spiro atoms. The molecular formula is C34H36N2O8. The zero-order valence-electron chi connectivity index (χ0n) is 24.8. The molecule has 2 aliphatic heterocycles. The molecule has 0 amide bonds. The van der Waals surface area contributed by atoms with Gasteiger partial charge in [0.25, 0.3) is 5.56 Å². The molecule has 3 heterocycles. The molecule has 5 atom stereocenters. The van der Waals surface area contributed by atoms with Crippen LogP contribution in [0.15, 0.2) is 94.6 Å². The molecule has 2 saturated heterocycles. The van der Waals surface area contributed by atoms with Crippen molar-refractivity contribution >= 4 is 0 Å². The number of hydrogen-bond donors (Lipinski definition) is 2. The molecule has 10 nitrogen and oxygen atoms in total. The topological polar surface area (TPSA) is 121 Å². The number of aromatic nitrogens is 2. The Hall–Kier alpha value is -4.22. The third kappa shape index (κ3) is 5.35. The predicted octanol–water partition coefficient (Wildman–Crippen LogP) is 3.33. The molecule has 2 N–H and O–H groups in total. The fourth-order valence-corrected chi connectivity index (χ4v) is 6.33. The number of fused-ring (bicyclic) bond motifs is 2. The minimum Gasteiger partial charge on any atom is -0.497 e. The maximum absolute atomic E-state index is 12.8. The van der Waals surface area contributed by atoms with E-state index in [1.807, 2.05) is 78.9 Å². The maximum atomic E-state index is 12.8. The van der Waals surface area contributed by atoms with E-state index in [9.17, 15) is 14.7 Å². The number of hydrogen-bond acceptors (Lipinski definition) is 8. The van der Waals surface area contributed by atoms with E-state index in [4.69, 9.17) is 23.7 Å². The summed E-state index contributed by atoms with van der Waals surface area (Å²) in [6.07, 6.45) is -1.05. The van der Waals surface area contributed by atoms with Crippen LogP contribution in [0.5, 0.6) is 11.5 Å². The summed E-state index contributed by atoms with van der Waals surface area (Å²) < 4.78 is 31.8. The molecule has 230 valence electrons. The van der Waals surface area contributed by atoms with Crippen molar-refractivity contribution in [3.05, 3.63) is 128 Å². The number of aliphatic hydroxyl groups excluding tert-OH is 1. The van der Waals surface area contributed by atoms with E-state index in [0.717, 1.165) is 16.7 Å². The van der Waals surface area contributed by atoms with Crippen molar-refractivity contribution < 1.29 is 28.8 Å². The van der Waals surface area contributed by atoms with Gasteiger partial charge in [-0.15, -0.1) is 0 Å².